The standard InChI is InChI=1S/C14H18N4O/c1-11-6-3-5-9-18(11)10-13-16-14(17-19-13)12-7-2-4-8-15-12/h2,4,7-8,11H,3,5-6,9-10H2,1H3/t11-/m0/s1. The summed E-state index contributed by atoms with van der Waals surface area (Å²) in [6, 6.07) is 6.28. The Hall–Kier alpha value is -1.75. The Morgan fingerprint density at radius 3 is 3.11 bits per heavy atom. The number of piperidine rings is 1. The first-order valence-corrected chi connectivity index (χ1v) is 6.81. The molecule has 0 radical (unpaired) electrons. The van der Waals surface area contributed by atoms with Gasteiger partial charge in [-0.3, -0.25) is 9.88 Å². The third-order valence-corrected chi connectivity index (χ3v) is 3.64. The van der Waals surface area contributed by atoms with Crippen molar-refractivity contribution < 1.29 is 4.52 Å². The van der Waals surface area contributed by atoms with Gasteiger partial charge in [0.15, 0.2) is 0 Å². The van der Waals surface area contributed by atoms with Crippen LogP contribution in [0.25, 0.3) is 11.5 Å². The Bertz CT molecular complexity index is 525. The molecule has 0 bridgehead atoms. The maximum Gasteiger partial charge on any atom is 0.241 e. The summed E-state index contributed by atoms with van der Waals surface area (Å²) in [5.41, 5.74) is 0.754. The number of likely N-dealkylation sites (tertiary alicyclic amines) is 1. The van der Waals surface area contributed by atoms with E-state index < -0.39 is 0 Å². The van der Waals surface area contributed by atoms with E-state index in [1.807, 2.05) is 18.2 Å². The fourth-order valence-electron chi connectivity index (χ4n) is 2.48. The zero-order valence-electron chi connectivity index (χ0n) is 11.1. The Morgan fingerprint density at radius 2 is 2.32 bits per heavy atom. The van der Waals surface area contributed by atoms with Crippen molar-refractivity contribution in [3.8, 4) is 11.5 Å². The molecule has 0 N–H and O–H groups in total. The van der Waals surface area contributed by atoms with E-state index in [0.29, 0.717) is 17.8 Å². The highest BCUT2D eigenvalue weighted by molar-refractivity contribution is 5.46. The number of pyridine rings is 1. The molecular formula is C14H18N4O. The van der Waals surface area contributed by atoms with Crippen LogP contribution in [-0.2, 0) is 6.54 Å². The number of aromatic nitrogens is 3. The molecule has 0 aromatic carbocycles. The predicted octanol–water partition coefficient (Wildman–Crippen LogP) is 2.51. The first kappa shape index (κ1) is 12.3. The lowest BCUT2D eigenvalue weighted by Crippen LogP contribution is -2.36. The summed E-state index contributed by atoms with van der Waals surface area (Å²) in [5, 5.41) is 4.00. The van der Waals surface area contributed by atoms with Gasteiger partial charge in [0.05, 0.1) is 6.54 Å². The molecule has 0 aliphatic carbocycles. The van der Waals surface area contributed by atoms with Crippen LogP contribution in [0.15, 0.2) is 28.9 Å². The molecule has 3 heterocycles. The molecule has 1 fully saturated rings. The second-order valence-corrected chi connectivity index (χ2v) is 5.04. The molecule has 2 aromatic heterocycles. The van der Waals surface area contributed by atoms with Gasteiger partial charge in [-0.15, -0.1) is 0 Å². The van der Waals surface area contributed by atoms with Crippen LogP contribution in [0.4, 0.5) is 0 Å². The van der Waals surface area contributed by atoms with Crippen LogP contribution in [-0.4, -0.2) is 32.6 Å². The maximum atomic E-state index is 5.33. The summed E-state index contributed by atoms with van der Waals surface area (Å²) in [7, 11) is 0. The highest BCUT2D eigenvalue weighted by atomic mass is 16.5. The monoisotopic (exact) mass is 258 g/mol. The molecule has 5 nitrogen and oxygen atoms in total. The van der Waals surface area contributed by atoms with Gasteiger partial charge in [-0.25, -0.2) is 0 Å². The molecule has 0 spiro atoms. The Morgan fingerprint density at radius 1 is 1.37 bits per heavy atom. The van der Waals surface area contributed by atoms with Crippen molar-refractivity contribution in [1.82, 2.24) is 20.0 Å². The van der Waals surface area contributed by atoms with E-state index in [2.05, 4.69) is 26.9 Å². The highest BCUT2D eigenvalue weighted by Crippen LogP contribution is 2.19. The van der Waals surface area contributed by atoms with Crippen LogP contribution in [0.2, 0.25) is 0 Å². The summed E-state index contributed by atoms with van der Waals surface area (Å²) in [5.74, 6) is 1.25. The van der Waals surface area contributed by atoms with E-state index in [-0.39, 0.29) is 0 Å². The molecule has 0 amide bonds. The van der Waals surface area contributed by atoms with E-state index in [4.69, 9.17) is 4.52 Å². The van der Waals surface area contributed by atoms with Crippen molar-refractivity contribution in [2.24, 2.45) is 0 Å². The second-order valence-electron chi connectivity index (χ2n) is 5.04. The molecule has 1 saturated heterocycles. The van der Waals surface area contributed by atoms with Crippen molar-refractivity contribution in [3.63, 3.8) is 0 Å². The van der Waals surface area contributed by atoms with E-state index in [1.54, 1.807) is 6.20 Å². The summed E-state index contributed by atoms with van der Waals surface area (Å²) >= 11 is 0. The van der Waals surface area contributed by atoms with Gasteiger partial charge in [0.1, 0.15) is 5.69 Å². The minimum Gasteiger partial charge on any atom is -0.337 e. The molecule has 100 valence electrons. The zero-order valence-corrected chi connectivity index (χ0v) is 11.1. The maximum absolute atomic E-state index is 5.33. The predicted molar refractivity (Wildman–Crippen MR) is 71.3 cm³/mol. The van der Waals surface area contributed by atoms with Crippen molar-refractivity contribution >= 4 is 0 Å². The fourth-order valence-corrected chi connectivity index (χ4v) is 2.48. The lowest BCUT2D eigenvalue weighted by molar-refractivity contribution is 0.135. The van der Waals surface area contributed by atoms with Crippen LogP contribution < -0.4 is 0 Å². The summed E-state index contributed by atoms with van der Waals surface area (Å²) in [6.07, 6.45) is 5.56. The van der Waals surface area contributed by atoms with Crippen molar-refractivity contribution in [1.29, 1.82) is 0 Å². The van der Waals surface area contributed by atoms with Gasteiger partial charge < -0.3 is 4.52 Å². The summed E-state index contributed by atoms with van der Waals surface area (Å²) in [6.45, 7) is 4.11. The molecule has 3 rings (SSSR count). The van der Waals surface area contributed by atoms with E-state index in [0.717, 1.165) is 18.8 Å². The van der Waals surface area contributed by atoms with E-state index in [1.165, 1.54) is 19.3 Å². The Balaban J connectivity index is 1.71. The molecule has 5 heteroatoms. The smallest absolute Gasteiger partial charge is 0.241 e. The Labute approximate surface area is 112 Å². The van der Waals surface area contributed by atoms with Crippen LogP contribution in [0.1, 0.15) is 32.1 Å². The largest absolute Gasteiger partial charge is 0.337 e. The van der Waals surface area contributed by atoms with Crippen molar-refractivity contribution in [3.05, 3.63) is 30.3 Å². The second kappa shape index (κ2) is 5.48. The number of hydrogen-bond acceptors (Lipinski definition) is 5. The third-order valence-electron chi connectivity index (χ3n) is 3.64. The topological polar surface area (TPSA) is 55.1 Å². The molecule has 19 heavy (non-hydrogen) atoms. The third kappa shape index (κ3) is 2.81. The van der Waals surface area contributed by atoms with Crippen LogP contribution in [0, 0.1) is 0 Å². The molecular weight excluding hydrogens is 240 g/mol. The average Bonchev–Trinajstić information content (AvgIpc) is 2.91. The average molecular weight is 258 g/mol. The van der Waals surface area contributed by atoms with Crippen LogP contribution in [0.5, 0.6) is 0 Å². The van der Waals surface area contributed by atoms with Gasteiger partial charge >= 0.3 is 0 Å². The molecule has 0 unspecified atom stereocenters. The quantitative estimate of drug-likeness (QED) is 0.846. The van der Waals surface area contributed by atoms with Gasteiger partial charge in [0.2, 0.25) is 11.7 Å². The molecule has 0 saturated carbocycles. The molecule has 1 atom stereocenters. The number of rotatable bonds is 3. The SMILES string of the molecule is C[C@H]1CCCCN1Cc1nc(-c2ccccn2)no1. The van der Waals surface area contributed by atoms with Crippen molar-refractivity contribution in [2.45, 2.75) is 38.8 Å². The van der Waals surface area contributed by atoms with Gasteiger partial charge in [-0.1, -0.05) is 17.6 Å². The van der Waals surface area contributed by atoms with E-state index >= 15 is 0 Å². The van der Waals surface area contributed by atoms with Crippen molar-refractivity contribution in [2.75, 3.05) is 6.54 Å². The Kier molecular flexibility index (Phi) is 3.55. The summed E-state index contributed by atoms with van der Waals surface area (Å²) < 4.78 is 5.33. The van der Waals surface area contributed by atoms with Crippen LogP contribution in [0.3, 0.4) is 0 Å². The molecule has 1 aliphatic rings. The summed E-state index contributed by atoms with van der Waals surface area (Å²) in [4.78, 5) is 11.1. The normalized spacial score (nSPS) is 20.6. The first-order chi connectivity index (χ1) is 9.33. The first-order valence-electron chi connectivity index (χ1n) is 6.81. The van der Waals surface area contributed by atoms with Gasteiger partial charge in [-0.2, -0.15) is 4.98 Å². The fraction of sp³-hybridized carbons (Fsp3) is 0.500. The van der Waals surface area contributed by atoms with Gasteiger partial charge in [-0.05, 0) is 38.4 Å². The molecule has 2 aromatic rings. The van der Waals surface area contributed by atoms with Gasteiger partial charge in [0.25, 0.3) is 0 Å². The van der Waals surface area contributed by atoms with Gasteiger partial charge in [0, 0.05) is 12.2 Å². The lowest BCUT2D eigenvalue weighted by Gasteiger charge is -2.31. The highest BCUT2D eigenvalue weighted by Gasteiger charge is 2.21. The minimum atomic E-state index is 0.570. The number of nitrogens with zero attached hydrogens (tertiary/aromatic N) is 4. The number of hydrogen-bond donors (Lipinski definition) is 0. The van der Waals surface area contributed by atoms with Crippen LogP contribution >= 0.6 is 0 Å². The minimum absolute atomic E-state index is 0.570. The lowest BCUT2D eigenvalue weighted by atomic mass is 10.0. The molecule has 1 aliphatic heterocycles. The van der Waals surface area contributed by atoms with E-state index in [9.17, 15) is 0 Å². The zero-order chi connectivity index (χ0) is 13.1.